The van der Waals surface area contributed by atoms with Gasteiger partial charge in [0, 0.05) is 53.4 Å². The minimum absolute atomic E-state index is 0.214. The lowest BCUT2D eigenvalue weighted by molar-refractivity contribution is 0.188. The lowest BCUT2D eigenvalue weighted by atomic mass is 10.0. The highest BCUT2D eigenvalue weighted by molar-refractivity contribution is 6.36. The first-order valence-electron chi connectivity index (χ1n) is 13.4. The summed E-state index contributed by atoms with van der Waals surface area (Å²) in [5, 5.41) is 6.53. The average Bonchev–Trinajstić information content (AvgIpc) is 3.50. The number of fused-ring (bicyclic) bond motifs is 4. The Labute approximate surface area is 226 Å². The Morgan fingerprint density at radius 1 is 1.08 bits per heavy atom. The van der Waals surface area contributed by atoms with Crippen LogP contribution in [0.25, 0.3) is 32.9 Å². The van der Waals surface area contributed by atoms with Crippen LogP contribution in [0.5, 0.6) is 6.01 Å². The van der Waals surface area contributed by atoms with Crippen LogP contribution in [0.4, 0.5) is 10.2 Å². The molecule has 3 saturated heterocycles. The first kappa shape index (κ1) is 24.0. The van der Waals surface area contributed by atoms with E-state index in [1.807, 2.05) is 36.4 Å². The molecule has 0 spiro atoms. The summed E-state index contributed by atoms with van der Waals surface area (Å²) in [5.41, 5.74) is 1.09. The van der Waals surface area contributed by atoms with Crippen molar-refractivity contribution in [3.8, 4) is 17.3 Å². The standard InChI is InChI=1S/C29H30ClFN6O/c1-36-12-4-7-20(36)16-38-29-34-27-22(28(35-29)37-14-18-10-11-19(15-37)33-18)13-32-26(25(27)31)21-8-2-5-17-6-3-9-23(30)24(17)21/h2-3,5-6,8-9,13,18-20,33H,4,7,10-12,14-16H2,1H3/t18?,19?,20-/m0/s1. The highest BCUT2D eigenvalue weighted by atomic mass is 35.5. The van der Waals surface area contributed by atoms with E-state index in [0.717, 1.165) is 56.1 Å². The Kier molecular flexibility index (Phi) is 6.06. The summed E-state index contributed by atoms with van der Waals surface area (Å²) < 4.78 is 22.6. The van der Waals surface area contributed by atoms with E-state index in [1.54, 1.807) is 6.20 Å². The van der Waals surface area contributed by atoms with Crippen LogP contribution in [0, 0.1) is 5.82 Å². The fourth-order valence-electron chi connectivity index (χ4n) is 6.34. The van der Waals surface area contributed by atoms with E-state index in [2.05, 4.69) is 32.1 Å². The molecule has 2 aromatic carbocycles. The monoisotopic (exact) mass is 532 g/mol. The van der Waals surface area contributed by atoms with Crippen molar-refractivity contribution in [2.24, 2.45) is 0 Å². The van der Waals surface area contributed by atoms with Gasteiger partial charge in [-0.3, -0.25) is 4.98 Å². The predicted octanol–water partition coefficient (Wildman–Crippen LogP) is 5.05. The molecule has 1 N–H and O–H groups in total. The molecular formula is C29H30ClFN6O. The van der Waals surface area contributed by atoms with Crippen molar-refractivity contribution in [2.75, 3.05) is 38.2 Å². The Morgan fingerprint density at radius 2 is 1.87 bits per heavy atom. The first-order valence-corrected chi connectivity index (χ1v) is 13.8. The third-order valence-corrected chi connectivity index (χ3v) is 8.66. The molecule has 7 rings (SSSR count). The lowest BCUT2D eigenvalue weighted by Crippen LogP contribution is -2.51. The van der Waals surface area contributed by atoms with Crippen molar-refractivity contribution < 1.29 is 9.13 Å². The highest BCUT2D eigenvalue weighted by Gasteiger charge is 2.34. The Balaban J connectivity index is 1.36. The predicted molar refractivity (Wildman–Crippen MR) is 149 cm³/mol. The van der Waals surface area contributed by atoms with E-state index in [-0.39, 0.29) is 17.2 Å². The molecule has 5 heterocycles. The number of nitrogens with zero attached hydrogens (tertiary/aromatic N) is 5. The summed E-state index contributed by atoms with van der Waals surface area (Å²) >= 11 is 6.57. The zero-order chi connectivity index (χ0) is 25.8. The van der Waals surface area contributed by atoms with Crippen LogP contribution in [0.1, 0.15) is 25.7 Å². The smallest absolute Gasteiger partial charge is 0.319 e. The SMILES string of the molecule is CN1CCC[C@H]1COc1nc(N2CC3CCC(C2)N3)c2cnc(-c3cccc4cccc(Cl)c34)c(F)c2n1. The number of likely N-dealkylation sites (tertiary alicyclic amines) is 1. The van der Waals surface area contributed by atoms with Gasteiger partial charge in [-0.25, -0.2) is 4.39 Å². The van der Waals surface area contributed by atoms with Crippen LogP contribution in [-0.2, 0) is 0 Å². The Bertz CT molecular complexity index is 1520. The number of pyridine rings is 1. The van der Waals surface area contributed by atoms with Gasteiger partial charge in [0.15, 0.2) is 5.82 Å². The van der Waals surface area contributed by atoms with Crippen molar-refractivity contribution in [3.63, 3.8) is 0 Å². The normalized spacial score (nSPS) is 23.6. The third-order valence-electron chi connectivity index (χ3n) is 8.34. The van der Waals surface area contributed by atoms with Gasteiger partial charge in [0.1, 0.15) is 23.6 Å². The van der Waals surface area contributed by atoms with Gasteiger partial charge >= 0.3 is 6.01 Å². The molecule has 3 atom stereocenters. The van der Waals surface area contributed by atoms with Gasteiger partial charge in [-0.15, -0.1) is 0 Å². The summed E-state index contributed by atoms with van der Waals surface area (Å²) in [6, 6.07) is 12.7. The van der Waals surface area contributed by atoms with Crippen molar-refractivity contribution in [2.45, 2.75) is 43.8 Å². The molecule has 3 fully saturated rings. The van der Waals surface area contributed by atoms with Crippen LogP contribution < -0.4 is 15.0 Å². The second kappa shape index (κ2) is 9.59. The highest BCUT2D eigenvalue weighted by Crippen LogP contribution is 2.38. The van der Waals surface area contributed by atoms with Gasteiger partial charge in [-0.2, -0.15) is 9.97 Å². The molecule has 2 bridgehead atoms. The van der Waals surface area contributed by atoms with E-state index in [0.29, 0.717) is 46.5 Å². The van der Waals surface area contributed by atoms with Gasteiger partial charge < -0.3 is 19.9 Å². The molecular weight excluding hydrogens is 503 g/mol. The van der Waals surface area contributed by atoms with Crippen LogP contribution >= 0.6 is 11.6 Å². The third kappa shape index (κ3) is 4.15. The number of hydrogen-bond acceptors (Lipinski definition) is 7. The molecule has 0 aliphatic carbocycles. The van der Waals surface area contributed by atoms with Crippen LogP contribution in [0.15, 0.2) is 42.6 Å². The summed E-state index contributed by atoms with van der Waals surface area (Å²) in [5.74, 6) is 0.205. The molecule has 3 aliphatic rings. The molecule has 38 heavy (non-hydrogen) atoms. The molecule has 0 amide bonds. The topological polar surface area (TPSA) is 66.4 Å². The van der Waals surface area contributed by atoms with Gasteiger partial charge in [-0.05, 0) is 50.7 Å². The first-order chi connectivity index (χ1) is 18.5. The maximum atomic E-state index is 16.4. The molecule has 0 radical (unpaired) electrons. The van der Waals surface area contributed by atoms with Crippen molar-refractivity contribution in [1.82, 2.24) is 25.2 Å². The summed E-state index contributed by atoms with van der Waals surface area (Å²) in [6.45, 7) is 3.16. The fraction of sp³-hybridized carbons (Fsp3) is 0.414. The number of piperazine rings is 1. The molecule has 3 aliphatic heterocycles. The minimum Gasteiger partial charge on any atom is -0.462 e. The zero-order valence-corrected chi connectivity index (χ0v) is 22.1. The van der Waals surface area contributed by atoms with Crippen molar-refractivity contribution in [3.05, 3.63) is 53.4 Å². The van der Waals surface area contributed by atoms with Crippen molar-refractivity contribution in [1.29, 1.82) is 0 Å². The van der Waals surface area contributed by atoms with Crippen LogP contribution in [0.2, 0.25) is 5.02 Å². The second-order valence-corrected chi connectivity index (χ2v) is 11.2. The largest absolute Gasteiger partial charge is 0.462 e. The Morgan fingerprint density at radius 3 is 2.63 bits per heavy atom. The van der Waals surface area contributed by atoms with E-state index in [9.17, 15) is 0 Å². The average molecular weight is 533 g/mol. The number of aromatic nitrogens is 3. The summed E-state index contributed by atoms with van der Waals surface area (Å²) in [4.78, 5) is 18.6. The fourth-order valence-corrected chi connectivity index (χ4v) is 6.62. The summed E-state index contributed by atoms with van der Waals surface area (Å²) in [7, 11) is 2.11. The number of ether oxygens (including phenoxy) is 1. The molecule has 2 aromatic heterocycles. The van der Waals surface area contributed by atoms with Crippen LogP contribution in [0.3, 0.4) is 0 Å². The molecule has 2 unspecified atom stereocenters. The molecule has 9 heteroatoms. The molecule has 7 nitrogen and oxygen atoms in total. The maximum Gasteiger partial charge on any atom is 0.319 e. The van der Waals surface area contributed by atoms with E-state index in [4.69, 9.17) is 21.3 Å². The lowest BCUT2D eigenvalue weighted by Gasteiger charge is -2.34. The molecule has 196 valence electrons. The zero-order valence-electron chi connectivity index (χ0n) is 21.3. The number of benzene rings is 2. The van der Waals surface area contributed by atoms with E-state index < -0.39 is 5.82 Å². The number of likely N-dealkylation sites (N-methyl/N-ethyl adjacent to an activating group) is 1. The van der Waals surface area contributed by atoms with E-state index >= 15 is 4.39 Å². The van der Waals surface area contributed by atoms with Crippen LogP contribution in [-0.4, -0.2) is 71.3 Å². The maximum absolute atomic E-state index is 16.4. The van der Waals surface area contributed by atoms with E-state index in [1.165, 1.54) is 0 Å². The quantitative estimate of drug-likeness (QED) is 0.386. The number of rotatable bonds is 5. The van der Waals surface area contributed by atoms with Gasteiger partial charge in [0.25, 0.3) is 0 Å². The number of nitrogens with one attached hydrogen (secondary N) is 1. The second-order valence-electron chi connectivity index (χ2n) is 10.8. The van der Waals surface area contributed by atoms with Crippen molar-refractivity contribution >= 4 is 39.1 Å². The summed E-state index contributed by atoms with van der Waals surface area (Å²) in [6.07, 6.45) is 6.20. The number of hydrogen-bond donors (Lipinski definition) is 1. The van der Waals surface area contributed by atoms with Gasteiger partial charge in [-0.1, -0.05) is 41.9 Å². The molecule has 0 saturated carbocycles. The molecule has 4 aromatic rings. The minimum atomic E-state index is -0.487. The van der Waals surface area contributed by atoms with Gasteiger partial charge in [0.05, 0.1) is 5.39 Å². The number of halogens is 2. The Hall–Kier alpha value is -3.07. The number of anilines is 1. The van der Waals surface area contributed by atoms with Gasteiger partial charge in [0.2, 0.25) is 0 Å².